The number of rotatable bonds is 5. The molecule has 0 amide bonds. The summed E-state index contributed by atoms with van der Waals surface area (Å²) in [6.07, 6.45) is 0. The Bertz CT molecular complexity index is 1290. The van der Waals surface area contributed by atoms with Crippen LogP contribution in [0.15, 0.2) is 65.1 Å². The van der Waals surface area contributed by atoms with Gasteiger partial charge in [0, 0.05) is 5.02 Å². The van der Waals surface area contributed by atoms with Crippen LogP contribution in [0, 0.1) is 18.3 Å². The van der Waals surface area contributed by atoms with E-state index in [0.717, 1.165) is 19.1 Å². The van der Waals surface area contributed by atoms with Crippen LogP contribution in [0.3, 0.4) is 0 Å². The second kappa shape index (κ2) is 9.68. The van der Waals surface area contributed by atoms with E-state index < -0.39 is 23.8 Å². The van der Waals surface area contributed by atoms with Crippen molar-refractivity contribution < 1.29 is 29.0 Å². The molecular weight excluding hydrogens is 462 g/mol. The standard InChI is InChI=1S/C24H20ClN3O6/c1-12-9-14(25)10-15(22(29)30)19(12)28-20(24(32)34-3)18(23(31)33-2)17(16(11-26)21(28)27)13-7-5-4-6-8-13/h4-10,17H,27H2,1-3H3,(H,29,30). The second-order valence-corrected chi connectivity index (χ2v) is 7.70. The Hall–Kier alpha value is -4.29. The fourth-order valence-corrected chi connectivity index (χ4v) is 4.21. The lowest BCUT2D eigenvalue weighted by Gasteiger charge is -2.37. The van der Waals surface area contributed by atoms with Crippen LogP contribution >= 0.6 is 11.6 Å². The lowest BCUT2D eigenvalue weighted by atomic mass is 9.80. The molecular formula is C24H20ClN3O6. The van der Waals surface area contributed by atoms with Crippen LogP contribution in [0.2, 0.25) is 5.02 Å². The van der Waals surface area contributed by atoms with Gasteiger partial charge in [0.1, 0.15) is 11.5 Å². The maximum Gasteiger partial charge on any atom is 0.355 e. The first-order valence-electron chi connectivity index (χ1n) is 9.86. The first-order chi connectivity index (χ1) is 16.2. The molecule has 2 aromatic carbocycles. The zero-order valence-electron chi connectivity index (χ0n) is 18.5. The molecule has 2 aromatic rings. The van der Waals surface area contributed by atoms with Crippen molar-refractivity contribution in [3.8, 4) is 6.07 Å². The Morgan fingerprint density at radius 2 is 1.74 bits per heavy atom. The molecule has 3 N–H and O–H groups in total. The summed E-state index contributed by atoms with van der Waals surface area (Å²) < 4.78 is 9.92. The highest BCUT2D eigenvalue weighted by Crippen LogP contribution is 2.45. The molecule has 174 valence electrons. The molecule has 0 fully saturated rings. The number of allylic oxidation sites excluding steroid dienone is 1. The molecule has 1 unspecified atom stereocenters. The molecule has 0 aliphatic carbocycles. The summed E-state index contributed by atoms with van der Waals surface area (Å²) in [4.78, 5) is 39.3. The third-order valence-corrected chi connectivity index (χ3v) is 5.55. The Kier molecular flexibility index (Phi) is 6.94. The number of methoxy groups -OCH3 is 2. The number of carbonyl (C=O) groups excluding carboxylic acids is 2. The Labute approximate surface area is 200 Å². The number of ether oxygens (including phenoxy) is 2. The van der Waals surface area contributed by atoms with Gasteiger partial charge in [0.15, 0.2) is 0 Å². The van der Waals surface area contributed by atoms with Crippen molar-refractivity contribution in [1.82, 2.24) is 0 Å². The number of hydrogen-bond donors (Lipinski definition) is 2. The number of carboxylic acids is 1. The van der Waals surface area contributed by atoms with Gasteiger partial charge in [-0.05, 0) is 30.2 Å². The maximum atomic E-state index is 13.1. The van der Waals surface area contributed by atoms with E-state index >= 15 is 0 Å². The number of aryl methyl sites for hydroxylation is 1. The average molecular weight is 482 g/mol. The minimum Gasteiger partial charge on any atom is -0.478 e. The highest BCUT2D eigenvalue weighted by atomic mass is 35.5. The SMILES string of the molecule is COC(=O)C1=C(C(=O)OC)N(c2c(C)cc(Cl)cc2C(=O)O)C(N)=C(C#N)C1c1ccccc1. The van der Waals surface area contributed by atoms with E-state index in [1.54, 1.807) is 37.3 Å². The average Bonchev–Trinajstić information content (AvgIpc) is 2.82. The van der Waals surface area contributed by atoms with Crippen molar-refractivity contribution in [2.45, 2.75) is 12.8 Å². The van der Waals surface area contributed by atoms with Gasteiger partial charge in [0.25, 0.3) is 0 Å². The molecule has 1 aliphatic rings. The molecule has 34 heavy (non-hydrogen) atoms. The highest BCUT2D eigenvalue weighted by molar-refractivity contribution is 6.31. The van der Waals surface area contributed by atoms with Crippen molar-refractivity contribution in [3.63, 3.8) is 0 Å². The summed E-state index contributed by atoms with van der Waals surface area (Å²) >= 11 is 6.07. The minimum absolute atomic E-state index is 0.0459. The van der Waals surface area contributed by atoms with Gasteiger partial charge in [-0.25, -0.2) is 14.4 Å². The molecule has 0 spiro atoms. The zero-order valence-corrected chi connectivity index (χ0v) is 19.2. The number of aromatic carboxylic acids is 1. The zero-order chi connectivity index (χ0) is 25.2. The molecule has 1 atom stereocenters. The molecule has 1 heterocycles. The van der Waals surface area contributed by atoms with Gasteiger partial charge in [-0.3, -0.25) is 4.90 Å². The van der Waals surface area contributed by atoms with Gasteiger partial charge in [0.2, 0.25) is 0 Å². The van der Waals surface area contributed by atoms with Gasteiger partial charge in [0.05, 0.1) is 48.6 Å². The Morgan fingerprint density at radius 1 is 1.12 bits per heavy atom. The third-order valence-electron chi connectivity index (χ3n) is 5.33. The van der Waals surface area contributed by atoms with E-state index in [1.807, 2.05) is 6.07 Å². The number of benzene rings is 2. The molecule has 9 nitrogen and oxygen atoms in total. The van der Waals surface area contributed by atoms with Crippen molar-refractivity contribution in [2.75, 3.05) is 19.1 Å². The predicted molar refractivity (Wildman–Crippen MR) is 123 cm³/mol. The number of esters is 2. The third kappa shape index (κ3) is 4.07. The summed E-state index contributed by atoms with van der Waals surface area (Å²) in [5.41, 5.74) is 6.23. The molecule has 0 bridgehead atoms. The van der Waals surface area contributed by atoms with Gasteiger partial charge in [-0.15, -0.1) is 0 Å². The van der Waals surface area contributed by atoms with Crippen LogP contribution in [0.5, 0.6) is 0 Å². The molecule has 1 aliphatic heterocycles. The lowest BCUT2D eigenvalue weighted by Crippen LogP contribution is -2.41. The monoisotopic (exact) mass is 481 g/mol. The van der Waals surface area contributed by atoms with E-state index in [0.29, 0.717) is 11.1 Å². The number of halogens is 1. The number of carboxylic acid groups (broad SMARTS) is 1. The summed E-state index contributed by atoms with van der Waals surface area (Å²) in [7, 11) is 2.23. The number of nitriles is 1. The first-order valence-corrected chi connectivity index (χ1v) is 10.2. The summed E-state index contributed by atoms with van der Waals surface area (Å²) in [6, 6.07) is 13.1. The van der Waals surface area contributed by atoms with Crippen molar-refractivity contribution in [1.29, 1.82) is 5.26 Å². The van der Waals surface area contributed by atoms with Gasteiger partial charge < -0.3 is 20.3 Å². The minimum atomic E-state index is -1.36. The van der Waals surface area contributed by atoms with Crippen LogP contribution in [-0.2, 0) is 19.1 Å². The Balaban J connectivity index is 2.53. The van der Waals surface area contributed by atoms with E-state index in [9.17, 15) is 24.8 Å². The highest BCUT2D eigenvalue weighted by Gasteiger charge is 2.44. The van der Waals surface area contributed by atoms with E-state index in [-0.39, 0.29) is 38.9 Å². The van der Waals surface area contributed by atoms with Crippen LogP contribution in [0.1, 0.15) is 27.4 Å². The first kappa shape index (κ1) is 24.4. The lowest BCUT2D eigenvalue weighted by molar-refractivity contribution is -0.139. The normalized spacial score (nSPS) is 15.6. The topological polar surface area (TPSA) is 143 Å². The van der Waals surface area contributed by atoms with Crippen LogP contribution in [0.4, 0.5) is 5.69 Å². The molecule has 0 saturated heterocycles. The van der Waals surface area contributed by atoms with E-state index in [2.05, 4.69) is 0 Å². The number of nitrogens with two attached hydrogens (primary N) is 1. The molecule has 0 saturated carbocycles. The fourth-order valence-electron chi connectivity index (χ4n) is 3.94. The summed E-state index contributed by atoms with van der Waals surface area (Å²) in [5, 5.41) is 20.1. The number of carbonyl (C=O) groups is 3. The van der Waals surface area contributed by atoms with Crippen molar-refractivity contribution in [2.24, 2.45) is 5.73 Å². The smallest absolute Gasteiger partial charge is 0.355 e. The largest absolute Gasteiger partial charge is 0.478 e. The molecule has 0 radical (unpaired) electrons. The van der Waals surface area contributed by atoms with Gasteiger partial charge in [-0.1, -0.05) is 41.9 Å². The number of anilines is 1. The van der Waals surface area contributed by atoms with Crippen molar-refractivity contribution >= 4 is 35.2 Å². The predicted octanol–water partition coefficient (Wildman–Crippen LogP) is 3.24. The summed E-state index contributed by atoms with van der Waals surface area (Å²) in [5.74, 6) is -4.56. The van der Waals surface area contributed by atoms with Crippen molar-refractivity contribution in [3.05, 3.63) is 86.8 Å². The Morgan fingerprint density at radius 3 is 2.26 bits per heavy atom. The maximum absolute atomic E-state index is 13.1. The molecule has 10 heteroatoms. The van der Waals surface area contributed by atoms with Crippen LogP contribution in [-0.4, -0.2) is 37.2 Å². The number of nitrogens with zero attached hydrogens (tertiary/aromatic N) is 2. The van der Waals surface area contributed by atoms with Crippen LogP contribution < -0.4 is 10.6 Å². The van der Waals surface area contributed by atoms with Gasteiger partial charge in [-0.2, -0.15) is 5.26 Å². The van der Waals surface area contributed by atoms with Crippen LogP contribution in [0.25, 0.3) is 0 Å². The fraction of sp³-hybridized carbons (Fsp3) is 0.167. The second-order valence-electron chi connectivity index (χ2n) is 7.26. The quantitative estimate of drug-likeness (QED) is 0.615. The molecule has 0 aromatic heterocycles. The van der Waals surface area contributed by atoms with Gasteiger partial charge >= 0.3 is 17.9 Å². The summed E-state index contributed by atoms with van der Waals surface area (Å²) in [6.45, 7) is 1.56. The molecule has 3 rings (SSSR count). The van der Waals surface area contributed by atoms with E-state index in [1.165, 1.54) is 12.1 Å². The van der Waals surface area contributed by atoms with E-state index in [4.69, 9.17) is 26.8 Å². The number of hydrogen-bond acceptors (Lipinski definition) is 8.